The van der Waals surface area contributed by atoms with Crippen LogP contribution >= 0.6 is 0 Å². The second-order valence-electron chi connectivity index (χ2n) is 4.44. The van der Waals surface area contributed by atoms with Gasteiger partial charge in [-0.1, -0.05) is 23.8 Å². The van der Waals surface area contributed by atoms with Crippen molar-refractivity contribution in [2.45, 2.75) is 13.3 Å². The molecule has 0 aromatic carbocycles. The van der Waals surface area contributed by atoms with Gasteiger partial charge >= 0.3 is 0 Å². The monoisotopic (exact) mass is 204 g/mol. The number of piperazine rings is 1. The van der Waals surface area contributed by atoms with Crippen LogP contribution < -0.4 is 0 Å². The van der Waals surface area contributed by atoms with Crippen molar-refractivity contribution in [3.05, 3.63) is 35.6 Å². The van der Waals surface area contributed by atoms with Crippen molar-refractivity contribution in [1.29, 1.82) is 0 Å². The lowest BCUT2D eigenvalue weighted by Crippen LogP contribution is -2.43. The number of nitrogens with zero attached hydrogens (tertiary/aromatic N) is 2. The molecule has 0 unspecified atom stereocenters. The van der Waals surface area contributed by atoms with Gasteiger partial charge in [0.2, 0.25) is 0 Å². The normalized spacial score (nSPS) is 23.5. The summed E-state index contributed by atoms with van der Waals surface area (Å²) in [6.45, 7) is 6.84. The Morgan fingerprint density at radius 3 is 2.47 bits per heavy atom. The quantitative estimate of drug-likeness (QED) is 0.645. The summed E-state index contributed by atoms with van der Waals surface area (Å²) in [5, 5.41) is 0. The number of hydrogen-bond acceptors (Lipinski definition) is 2. The van der Waals surface area contributed by atoms with E-state index in [9.17, 15) is 0 Å². The highest BCUT2D eigenvalue weighted by Crippen LogP contribution is 2.15. The first kappa shape index (κ1) is 10.5. The minimum atomic E-state index is 1.07. The molecule has 82 valence electrons. The van der Waals surface area contributed by atoms with E-state index in [-0.39, 0.29) is 0 Å². The van der Waals surface area contributed by atoms with E-state index >= 15 is 0 Å². The van der Waals surface area contributed by atoms with Crippen LogP contribution in [0, 0.1) is 0 Å². The largest absolute Gasteiger partial charge is 0.369 e. The van der Waals surface area contributed by atoms with Crippen LogP contribution in [0.15, 0.2) is 35.6 Å². The van der Waals surface area contributed by atoms with Crippen LogP contribution in [0.5, 0.6) is 0 Å². The molecule has 1 fully saturated rings. The van der Waals surface area contributed by atoms with E-state index in [1.54, 1.807) is 0 Å². The molecule has 0 aromatic rings. The summed E-state index contributed by atoms with van der Waals surface area (Å²) in [6.07, 6.45) is 10.2. The van der Waals surface area contributed by atoms with E-state index in [0.29, 0.717) is 0 Å². The van der Waals surface area contributed by atoms with Gasteiger partial charge in [-0.3, -0.25) is 0 Å². The molecule has 0 radical (unpaired) electrons. The van der Waals surface area contributed by atoms with Gasteiger partial charge in [0, 0.05) is 31.9 Å². The average Bonchev–Trinajstić information content (AvgIpc) is 2.44. The second kappa shape index (κ2) is 4.67. The highest BCUT2D eigenvalue weighted by Gasteiger charge is 2.14. The van der Waals surface area contributed by atoms with Crippen molar-refractivity contribution in [2.24, 2.45) is 0 Å². The second-order valence-corrected chi connectivity index (χ2v) is 4.44. The van der Waals surface area contributed by atoms with Crippen LogP contribution in [0.1, 0.15) is 13.3 Å². The van der Waals surface area contributed by atoms with Gasteiger partial charge in [0.1, 0.15) is 0 Å². The molecule has 2 heteroatoms. The molecule has 0 aromatic heterocycles. The third kappa shape index (κ3) is 2.72. The molecule has 1 saturated heterocycles. The molecular formula is C13H20N2. The van der Waals surface area contributed by atoms with Gasteiger partial charge in [-0.15, -0.1) is 0 Å². The number of likely N-dealkylation sites (N-methyl/N-ethyl adjacent to an activating group) is 1. The van der Waals surface area contributed by atoms with Crippen LogP contribution in [0.4, 0.5) is 0 Å². The third-order valence-corrected chi connectivity index (χ3v) is 3.15. The van der Waals surface area contributed by atoms with E-state index in [1.807, 2.05) is 0 Å². The van der Waals surface area contributed by atoms with E-state index < -0.39 is 0 Å². The Balaban J connectivity index is 2.00. The summed E-state index contributed by atoms with van der Waals surface area (Å²) in [5.74, 6) is 0. The molecule has 0 atom stereocenters. The summed E-state index contributed by atoms with van der Waals surface area (Å²) >= 11 is 0. The fourth-order valence-electron chi connectivity index (χ4n) is 2.02. The van der Waals surface area contributed by atoms with Crippen molar-refractivity contribution in [2.75, 3.05) is 33.2 Å². The lowest BCUT2D eigenvalue weighted by molar-refractivity contribution is 0.190. The summed E-state index contributed by atoms with van der Waals surface area (Å²) in [4.78, 5) is 4.88. The molecule has 2 rings (SSSR count). The van der Waals surface area contributed by atoms with Crippen molar-refractivity contribution < 1.29 is 0 Å². The maximum atomic E-state index is 2.49. The molecular weight excluding hydrogens is 184 g/mol. The molecule has 15 heavy (non-hydrogen) atoms. The van der Waals surface area contributed by atoms with Gasteiger partial charge in [0.25, 0.3) is 0 Å². The molecule has 0 amide bonds. The van der Waals surface area contributed by atoms with Crippen LogP contribution in [-0.2, 0) is 0 Å². The predicted octanol–water partition coefficient (Wildman–Crippen LogP) is 2.02. The maximum absolute atomic E-state index is 2.49. The first-order valence-electron chi connectivity index (χ1n) is 5.74. The minimum Gasteiger partial charge on any atom is -0.369 e. The molecule has 0 bridgehead atoms. The molecule has 1 aliphatic carbocycles. The SMILES string of the molecule is CC1=CCC=C(N2CCN(C)CC2)C=C1. The molecule has 1 heterocycles. The number of hydrogen-bond donors (Lipinski definition) is 0. The predicted molar refractivity (Wildman–Crippen MR) is 64.7 cm³/mol. The number of allylic oxidation sites excluding steroid dienone is 5. The standard InChI is InChI=1S/C13H20N2/c1-12-4-3-5-13(7-6-12)15-10-8-14(2)9-11-15/h4-7H,3,8-11H2,1-2H3. The third-order valence-electron chi connectivity index (χ3n) is 3.15. The summed E-state index contributed by atoms with van der Waals surface area (Å²) < 4.78 is 0. The zero-order chi connectivity index (χ0) is 10.7. The molecule has 2 nitrogen and oxygen atoms in total. The van der Waals surface area contributed by atoms with Crippen LogP contribution in [-0.4, -0.2) is 43.0 Å². The van der Waals surface area contributed by atoms with E-state index in [0.717, 1.165) is 19.5 Å². The highest BCUT2D eigenvalue weighted by molar-refractivity contribution is 5.30. The van der Waals surface area contributed by atoms with Gasteiger partial charge in [-0.25, -0.2) is 0 Å². The van der Waals surface area contributed by atoms with Crippen molar-refractivity contribution in [3.63, 3.8) is 0 Å². The summed E-state index contributed by atoms with van der Waals surface area (Å²) in [5.41, 5.74) is 2.77. The Hall–Kier alpha value is -1.02. The van der Waals surface area contributed by atoms with E-state index in [4.69, 9.17) is 0 Å². The Labute approximate surface area is 92.6 Å². The molecule has 1 aliphatic heterocycles. The molecule has 0 saturated carbocycles. The molecule has 0 spiro atoms. The van der Waals surface area contributed by atoms with Crippen molar-refractivity contribution in [3.8, 4) is 0 Å². The van der Waals surface area contributed by atoms with Crippen molar-refractivity contribution in [1.82, 2.24) is 9.80 Å². The van der Waals surface area contributed by atoms with Gasteiger partial charge in [-0.05, 0) is 26.5 Å². The van der Waals surface area contributed by atoms with Crippen LogP contribution in [0.2, 0.25) is 0 Å². The minimum absolute atomic E-state index is 1.07. The zero-order valence-corrected chi connectivity index (χ0v) is 9.74. The topological polar surface area (TPSA) is 6.48 Å². The Morgan fingerprint density at radius 2 is 1.73 bits per heavy atom. The van der Waals surface area contributed by atoms with E-state index in [2.05, 4.69) is 48.1 Å². The van der Waals surface area contributed by atoms with Crippen LogP contribution in [0.3, 0.4) is 0 Å². The van der Waals surface area contributed by atoms with Gasteiger partial charge in [0.15, 0.2) is 0 Å². The van der Waals surface area contributed by atoms with E-state index in [1.165, 1.54) is 24.4 Å². The molecule has 2 aliphatic rings. The fourth-order valence-corrected chi connectivity index (χ4v) is 2.02. The average molecular weight is 204 g/mol. The zero-order valence-electron chi connectivity index (χ0n) is 9.74. The Morgan fingerprint density at radius 1 is 1.00 bits per heavy atom. The smallest absolute Gasteiger partial charge is 0.0329 e. The maximum Gasteiger partial charge on any atom is 0.0329 e. The Bertz CT molecular complexity index is 304. The van der Waals surface area contributed by atoms with Crippen LogP contribution in [0.25, 0.3) is 0 Å². The molecule has 0 N–H and O–H groups in total. The highest BCUT2D eigenvalue weighted by atomic mass is 15.2. The lowest BCUT2D eigenvalue weighted by Gasteiger charge is -2.34. The first-order valence-corrected chi connectivity index (χ1v) is 5.74. The van der Waals surface area contributed by atoms with Gasteiger partial charge in [-0.2, -0.15) is 0 Å². The first-order chi connectivity index (χ1) is 7.25. The Kier molecular flexibility index (Phi) is 3.27. The van der Waals surface area contributed by atoms with Gasteiger partial charge in [0.05, 0.1) is 0 Å². The van der Waals surface area contributed by atoms with Gasteiger partial charge < -0.3 is 9.80 Å². The fraction of sp³-hybridized carbons (Fsp3) is 0.538. The summed E-state index contributed by atoms with van der Waals surface area (Å²) in [7, 11) is 2.19. The summed E-state index contributed by atoms with van der Waals surface area (Å²) in [6, 6.07) is 0. The van der Waals surface area contributed by atoms with Crippen molar-refractivity contribution >= 4 is 0 Å². The lowest BCUT2D eigenvalue weighted by atomic mass is 10.2. The number of rotatable bonds is 1.